The van der Waals surface area contributed by atoms with Crippen LogP contribution >= 0.6 is 23.2 Å². The second kappa shape index (κ2) is 15.3. The third-order valence-corrected chi connectivity index (χ3v) is 10.8. The number of hydrogen-bond donors (Lipinski definition) is 3. The number of aliphatic hydroxyl groups is 1. The lowest BCUT2D eigenvalue weighted by Crippen LogP contribution is -2.32. The van der Waals surface area contributed by atoms with Crippen LogP contribution in [0.25, 0.3) is 11.1 Å². The maximum Gasteiger partial charge on any atom is 0.310 e. The number of nitrogens with one attached hydrogen (secondary N) is 2. The number of β-amino-alcohol motifs (C(OH)–C–C–N with tert-alkyl or cyclic N) is 1. The quantitative estimate of drug-likeness (QED) is 0.181. The highest BCUT2D eigenvalue weighted by molar-refractivity contribution is 6.40. The first-order valence-electron chi connectivity index (χ1n) is 17.2. The number of carbonyl (C=O) groups excluding carboxylic acids is 3. The SMILES string of the molecule is COC(=O)[C@@H]1CCN(C2CCCn3nc(C(=O)Nc4cccc(-c5cccc(NC(=O)c6ncc(CN7CC[C@@H](O)C7)cc6F)c5Cl)c4Cl)cc32)C1. The fourth-order valence-corrected chi connectivity index (χ4v) is 7.91. The van der Waals surface area contributed by atoms with Gasteiger partial charge in [-0.3, -0.25) is 28.9 Å². The molecule has 7 rings (SSSR count). The molecule has 3 N–H and O–H groups in total. The number of halogens is 3. The van der Waals surface area contributed by atoms with Gasteiger partial charge in [-0.15, -0.1) is 0 Å². The van der Waals surface area contributed by atoms with Crippen molar-refractivity contribution in [3.05, 3.63) is 93.2 Å². The van der Waals surface area contributed by atoms with Gasteiger partial charge in [-0.25, -0.2) is 9.37 Å². The van der Waals surface area contributed by atoms with Gasteiger partial charge >= 0.3 is 5.97 Å². The number of likely N-dealkylation sites (tertiary alicyclic amines) is 2. The third kappa shape index (κ3) is 7.42. The van der Waals surface area contributed by atoms with E-state index in [2.05, 4.69) is 25.6 Å². The predicted octanol–water partition coefficient (Wildman–Crippen LogP) is 5.79. The van der Waals surface area contributed by atoms with Gasteiger partial charge in [-0.05, 0) is 62.1 Å². The predicted molar refractivity (Wildman–Crippen MR) is 194 cm³/mol. The van der Waals surface area contributed by atoms with Crippen LogP contribution in [0.2, 0.25) is 10.0 Å². The molecule has 3 atom stereocenters. The zero-order valence-electron chi connectivity index (χ0n) is 28.4. The second-order valence-corrected chi connectivity index (χ2v) is 14.2. The van der Waals surface area contributed by atoms with Crippen LogP contribution in [0.5, 0.6) is 0 Å². The lowest BCUT2D eigenvalue weighted by molar-refractivity contribution is -0.145. The molecular formula is C37H38Cl2FN7O5. The zero-order chi connectivity index (χ0) is 36.5. The topological polar surface area (TPSA) is 142 Å². The van der Waals surface area contributed by atoms with Crippen molar-refractivity contribution in [1.29, 1.82) is 0 Å². The number of aliphatic hydroxyl groups excluding tert-OH is 1. The number of anilines is 2. The third-order valence-electron chi connectivity index (χ3n) is 9.98. The molecule has 4 aromatic rings. The number of nitrogens with zero attached hydrogens (tertiary/aromatic N) is 5. The number of pyridine rings is 1. The second-order valence-electron chi connectivity index (χ2n) is 13.4. The maximum absolute atomic E-state index is 15.0. The lowest BCUT2D eigenvalue weighted by Gasteiger charge is -2.31. The number of amides is 2. The molecule has 52 heavy (non-hydrogen) atoms. The Kier molecular flexibility index (Phi) is 10.6. The minimum absolute atomic E-state index is 0.0431. The van der Waals surface area contributed by atoms with Crippen molar-refractivity contribution in [3.8, 4) is 11.1 Å². The summed E-state index contributed by atoms with van der Waals surface area (Å²) in [6.45, 7) is 3.68. The van der Waals surface area contributed by atoms with E-state index in [1.54, 1.807) is 42.5 Å². The van der Waals surface area contributed by atoms with Crippen LogP contribution in [0.3, 0.4) is 0 Å². The van der Waals surface area contributed by atoms with E-state index < -0.39 is 23.7 Å². The summed E-state index contributed by atoms with van der Waals surface area (Å²) in [4.78, 5) is 47.1. The molecule has 3 aliphatic rings. The summed E-state index contributed by atoms with van der Waals surface area (Å²) in [6.07, 6.45) is 4.25. The first-order valence-corrected chi connectivity index (χ1v) is 18.0. The molecule has 0 spiro atoms. The monoisotopic (exact) mass is 749 g/mol. The highest BCUT2D eigenvalue weighted by Crippen LogP contribution is 2.41. The number of aromatic nitrogens is 3. The standard InChI is InChI=1S/C37H38Cl2FN7O5/c1-52-37(51)22-10-14-46(19-22)30-9-4-12-47-31(30)16-29(44-47)35(49)42-27-7-2-5-24(32(27)38)25-6-3-8-28(33(25)39)43-36(50)34-26(40)15-21(17-41-34)18-45-13-11-23(48)20-45/h2-3,5-8,15-17,22-23,30,48H,4,9-14,18-20H2,1H3,(H,42,49)(H,43,50)/t22-,23-,30?/m1/s1. The fraction of sp³-hybridized carbons (Fsp3) is 0.378. The van der Waals surface area contributed by atoms with E-state index in [1.807, 2.05) is 9.58 Å². The Balaban J connectivity index is 1.05. The van der Waals surface area contributed by atoms with Crippen LogP contribution in [0.15, 0.2) is 54.7 Å². The van der Waals surface area contributed by atoms with Gasteiger partial charge in [0.05, 0.1) is 52.3 Å². The number of carbonyl (C=O) groups is 3. The summed E-state index contributed by atoms with van der Waals surface area (Å²) in [5.41, 5.74) is 2.94. The molecule has 5 heterocycles. The van der Waals surface area contributed by atoms with E-state index in [4.69, 9.17) is 27.9 Å². The number of aryl methyl sites for hydroxylation is 1. The molecule has 272 valence electrons. The zero-order valence-corrected chi connectivity index (χ0v) is 30.0. The minimum Gasteiger partial charge on any atom is -0.469 e. The summed E-state index contributed by atoms with van der Waals surface area (Å²) in [5.74, 6) is -2.34. The molecule has 0 bridgehead atoms. The van der Waals surface area contributed by atoms with Gasteiger partial charge in [0.15, 0.2) is 17.2 Å². The average Bonchev–Trinajstić information content (AvgIpc) is 3.90. The largest absolute Gasteiger partial charge is 0.469 e. The number of rotatable bonds is 9. The van der Waals surface area contributed by atoms with Crippen molar-refractivity contribution in [3.63, 3.8) is 0 Å². The Labute approximate surface area is 309 Å². The molecule has 2 saturated heterocycles. The molecule has 2 fully saturated rings. The van der Waals surface area contributed by atoms with Crippen molar-refractivity contribution in [2.45, 2.75) is 50.9 Å². The van der Waals surface area contributed by atoms with Crippen LogP contribution in [0.1, 0.15) is 64.0 Å². The summed E-state index contributed by atoms with van der Waals surface area (Å²) < 4.78 is 21.9. The first kappa shape index (κ1) is 36.0. The van der Waals surface area contributed by atoms with Gasteiger partial charge in [0.25, 0.3) is 11.8 Å². The Morgan fingerprint density at radius 1 is 0.942 bits per heavy atom. The number of hydrogen-bond acceptors (Lipinski definition) is 9. The molecule has 3 aliphatic heterocycles. The molecule has 12 nitrogen and oxygen atoms in total. The highest BCUT2D eigenvalue weighted by atomic mass is 35.5. The summed E-state index contributed by atoms with van der Waals surface area (Å²) in [6, 6.07) is 13.2. The lowest BCUT2D eigenvalue weighted by atomic mass is 10.0. The van der Waals surface area contributed by atoms with E-state index in [9.17, 15) is 19.5 Å². The van der Waals surface area contributed by atoms with Gasteiger partial charge in [0.1, 0.15) is 0 Å². The summed E-state index contributed by atoms with van der Waals surface area (Å²) in [5, 5.41) is 20.3. The van der Waals surface area contributed by atoms with Crippen molar-refractivity contribution in [1.82, 2.24) is 24.6 Å². The molecule has 15 heteroatoms. The minimum atomic E-state index is -0.773. The van der Waals surface area contributed by atoms with Gasteiger partial charge in [-0.2, -0.15) is 5.10 Å². The Morgan fingerprint density at radius 2 is 1.65 bits per heavy atom. The van der Waals surface area contributed by atoms with E-state index in [-0.39, 0.29) is 45.0 Å². The number of ether oxygens (including phenoxy) is 1. The van der Waals surface area contributed by atoms with Crippen molar-refractivity contribution >= 4 is 52.4 Å². The van der Waals surface area contributed by atoms with Crippen LogP contribution < -0.4 is 10.6 Å². The van der Waals surface area contributed by atoms with Crippen LogP contribution in [-0.2, 0) is 22.6 Å². The Hall–Kier alpha value is -4.40. The maximum atomic E-state index is 15.0. The van der Waals surface area contributed by atoms with Crippen LogP contribution in [-0.4, -0.2) is 86.8 Å². The molecular weight excluding hydrogens is 712 g/mol. The molecule has 0 saturated carbocycles. The van der Waals surface area contributed by atoms with Gasteiger partial charge < -0.3 is 20.5 Å². The average molecular weight is 751 g/mol. The molecule has 0 radical (unpaired) electrons. The first-order chi connectivity index (χ1) is 25.1. The summed E-state index contributed by atoms with van der Waals surface area (Å²) >= 11 is 13.6. The normalized spacial score (nSPS) is 20.4. The molecule has 0 aliphatic carbocycles. The van der Waals surface area contributed by atoms with E-state index in [1.165, 1.54) is 19.4 Å². The van der Waals surface area contributed by atoms with Gasteiger partial charge in [-0.1, -0.05) is 47.5 Å². The molecule has 2 amide bonds. The number of benzene rings is 2. The van der Waals surface area contributed by atoms with Crippen LogP contribution in [0, 0.1) is 11.7 Å². The molecule has 1 unspecified atom stereocenters. The van der Waals surface area contributed by atoms with Crippen molar-refractivity contribution in [2.24, 2.45) is 5.92 Å². The van der Waals surface area contributed by atoms with Crippen molar-refractivity contribution < 1.29 is 28.6 Å². The highest BCUT2D eigenvalue weighted by Gasteiger charge is 2.36. The van der Waals surface area contributed by atoms with E-state index in [0.717, 1.165) is 31.5 Å². The summed E-state index contributed by atoms with van der Waals surface area (Å²) in [7, 11) is 1.41. The number of methoxy groups -OCH3 is 1. The molecule has 2 aromatic carbocycles. The van der Waals surface area contributed by atoms with Crippen molar-refractivity contribution in [2.75, 3.05) is 43.9 Å². The van der Waals surface area contributed by atoms with Gasteiger partial charge in [0, 0.05) is 50.0 Å². The number of esters is 1. The van der Waals surface area contributed by atoms with Gasteiger partial charge in [0.2, 0.25) is 0 Å². The van der Waals surface area contributed by atoms with E-state index >= 15 is 4.39 Å². The number of fused-ring (bicyclic) bond motifs is 1. The Morgan fingerprint density at radius 3 is 2.31 bits per heavy atom. The smallest absolute Gasteiger partial charge is 0.310 e. The molecule has 2 aromatic heterocycles. The van der Waals surface area contributed by atoms with E-state index in [0.29, 0.717) is 61.5 Å². The fourth-order valence-electron chi connectivity index (χ4n) is 7.36. The Bertz CT molecular complexity index is 2030. The van der Waals surface area contributed by atoms with Crippen LogP contribution in [0.4, 0.5) is 15.8 Å².